The van der Waals surface area contributed by atoms with E-state index in [9.17, 15) is 0 Å². The van der Waals surface area contributed by atoms with E-state index in [1.165, 1.54) is 0 Å². The van der Waals surface area contributed by atoms with Crippen LogP contribution in [0.1, 0.15) is 5.56 Å². The fourth-order valence-corrected chi connectivity index (χ4v) is 1.97. The van der Waals surface area contributed by atoms with Gasteiger partial charge in [-0.15, -0.1) is 0 Å². The van der Waals surface area contributed by atoms with Crippen LogP contribution in [0.2, 0.25) is 0 Å². The van der Waals surface area contributed by atoms with Gasteiger partial charge in [-0.1, -0.05) is 0 Å². The van der Waals surface area contributed by atoms with Gasteiger partial charge in [0.1, 0.15) is 0 Å². The van der Waals surface area contributed by atoms with Gasteiger partial charge < -0.3 is 25.3 Å². The topological polar surface area (TPSA) is 65.7 Å². The lowest BCUT2D eigenvalue weighted by molar-refractivity contribution is 0.280. The molecule has 0 bridgehead atoms. The Balaban J connectivity index is 2.48. The molecule has 1 aliphatic rings. The van der Waals surface area contributed by atoms with Crippen LogP contribution in [0, 0.1) is 0 Å². The quantitative estimate of drug-likeness (QED) is 0.798. The van der Waals surface area contributed by atoms with Crippen LogP contribution in [-0.2, 0) is 5.54 Å². The van der Waals surface area contributed by atoms with Gasteiger partial charge in [0.05, 0.1) is 26.9 Å². The lowest BCUT2D eigenvalue weighted by Crippen LogP contribution is -2.62. The molecule has 2 rings (SSSR count). The van der Waals surface area contributed by atoms with Crippen LogP contribution in [0.5, 0.6) is 17.2 Å². The monoisotopic (exact) mass is 238 g/mol. The van der Waals surface area contributed by atoms with E-state index in [1.54, 1.807) is 21.3 Å². The summed E-state index contributed by atoms with van der Waals surface area (Å²) in [6, 6.07) is 3.81. The molecule has 0 unspecified atom stereocenters. The summed E-state index contributed by atoms with van der Waals surface area (Å²) in [7, 11) is 4.79. The molecule has 1 heterocycles. The molecule has 1 aromatic rings. The average molecular weight is 238 g/mol. The van der Waals surface area contributed by atoms with Crippen molar-refractivity contribution in [2.75, 3.05) is 34.4 Å². The number of methoxy groups -OCH3 is 3. The number of ether oxygens (including phenoxy) is 3. The molecule has 0 amide bonds. The lowest BCUT2D eigenvalue weighted by atomic mass is 9.85. The molecule has 1 fully saturated rings. The number of rotatable bonds is 4. The second-order valence-electron chi connectivity index (χ2n) is 4.17. The fraction of sp³-hybridized carbons (Fsp3) is 0.500. The van der Waals surface area contributed by atoms with Gasteiger partial charge in [0, 0.05) is 13.1 Å². The van der Waals surface area contributed by atoms with Crippen molar-refractivity contribution in [1.82, 2.24) is 5.32 Å². The van der Waals surface area contributed by atoms with Crippen molar-refractivity contribution in [3.63, 3.8) is 0 Å². The average Bonchev–Trinajstić information content (AvgIpc) is 2.33. The molecule has 0 atom stereocenters. The first-order chi connectivity index (χ1) is 8.14. The Hall–Kier alpha value is -1.46. The molecule has 0 aliphatic carbocycles. The normalized spacial score (nSPS) is 17.2. The number of nitrogens with two attached hydrogens (primary N) is 1. The lowest BCUT2D eigenvalue weighted by Gasteiger charge is -2.39. The maximum absolute atomic E-state index is 6.25. The Morgan fingerprint density at radius 3 is 1.88 bits per heavy atom. The highest BCUT2D eigenvalue weighted by Crippen LogP contribution is 2.41. The van der Waals surface area contributed by atoms with Crippen LogP contribution in [0.25, 0.3) is 0 Å². The second kappa shape index (κ2) is 4.43. The molecule has 17 heavy (non-hydrogen) atoms. The Bertz CT molecular complexity index is 391. The highest BCUT2D eigenvalue weighted by atomic mass is 16.5. The van der Waals surface area contributed by atoms with Crippen molar-refractivity contribution >= 4 is 0 Å². The van der Waals surface area contributed by atoms with E-state index < -0.39 is 0 Å². The Kier molecular flexibility index (Phi) is 3.13. The summed E-state index contributed by atoms with van der Waals surface area (Å²) < 4.78 is 15.9. The van der Waals surface area contributed by atoms with E-state index in [1.807, 2.05) is 12.1 Å². The van der Waals surface area contributed by atoms with Crippen LogP contribution in [0.4, 0.5) is 0 Å². The first-order valence-corrected chi connectivity index (χ1v) is 5.44. The van der Waals surface area contributed by atoms with Crippen molar-refractivity contribution in [1.29, 1.82) is 0 Å². The molecule has 5 nitrogen and oxygen atoms in total. The predicted octanol–water partition coefficient (Wildman–Crippen LogP) is 0.470. The predicted molar refractivity (Wildman–Crippen MR) is 64.8 cm³/mol. The Morgan fingerprint density at radius 1 is 1.06 bits per heavy atom. The van der Waals surface area contributed by atoms with E-state index in [4.69, 9.17) is 19.9 Å². The zero-order valence-corrected chi connectivity index (χ0v) is 10.4. The van der Waals surface area contributed by atoms with Gasteiger partial charge in [-0.2, -0.15) is 0 Å². The molecule has 0 aromatic heterocycles. The van der Waals surface area contributed by atoms with Crippen LogP contribution in [-0.4, -0.2) is 34.4 Å². The van der Waals surface area contributed by atoms with Crippen LogP contribution >= 0.6 is 0 Å². The fourth-order valence-electron chi connectivity index (χ4n) is 1.97. The number of benzene rings is 1. The molecule has 1 aromatic carbocycles. The molecule has 0 saturated carbocycles. The van der Waals surface area contributed by atoms with Gasteiger partial charge in [-0.3, -0.25) is 0 Å². The third-order valence-corrected chi connectivity index (χ3v) is 3.12. The van der Waals surface area contributed by atoms with E-state index in [0.717, 1.165) is 18.7 Å². The van der Waals surface area contributed by atoms with Crippen molar-refractivity contribution in [3.8, 4) is 17.2 Å². The first-order valence-electron chi connectivity index (χ1n) is 5.44. The minimum absolute atomic E-state index is 0.340. The van der Waals surface area contributed by atoms with Gasteiger partial charge in [0.2, 0.25) is 5.75 Å². The molecular formula is C12H18N2O3. The van der Waals surface area contributed by atoms with E-state index in [0.29, 0.717) is 17.2 Å². The third kappa shape index (κ3) is 1.92. The minimum atomic E-state index is -0.340. The van der Waals surface area contributed by atoms with Crippen LogP contribution in [0.15, 0.2) is 12.1 Å². The zero-order chi connectivity index (χ0) is 12.5. The summed E-state index contributed by atoms with van der Waals surface area (Å²) >= 11 is 0. The second-order valence-corrected chi connectivity index (χ2v) is 4.17. The van der Waals surface area contributed by atoms with Crippen LogP contribution in [0.3, 0.4) is 0 Å². The molecule has 94 valence electrons. The summed E-state index contributed by atoms with van der Waals surface area (Å²) in [6.07, 6.45) is 0. The number of hydrogen-bond acceptors (Lipinski definition) is 5. The van der Waals surface area contributed by atoms with E-state index >= 15 is 0 Å². The van der Waals surface area contributed by atoms with Gasteiger partial charge in [-0.05, 0) is 17.7 Å². The smallest absolute Gasteiger partial charge is 0.203 e. The maximum Gasteiger partial charge on any atom is 0.203 e. The standard InChI is InChI=1S/C12H18N2O3/c1-15-9-4-8(12(13)6-14-7-12)5-10(16-2)11(9)17-3/h4-5,14H,6-7,13H2,1-3H3. The highest BCUT2D eigenvalue weighted by Gasteiger charge is 2.35. The van der Waals surface area contributed by atoms with Crippen molar-refractivity contribution < 1.29 is 14.2 Å². The van der Waals surface area contributed by atoms with E-state index in [2.05, 4.69) is 5.32 Å². The summed E-state index contributed by atoms with van der Waals surface area (Å²) in [5.74, 6) is 1.87. The molecule has 5 heteroatoms. The van der Waals surface area contributed by atoms with Crippen LogP contribution < -0.4 is 25.3 Å². The van der Waals surface area contributed by atoms with Gasteiger partial charge in [-0.25, -0.2) is 0 Å². The summed E-state index contributed by atoms with van der Waals surface area (Å²) in [5, 5.41) is 3.17. The SMILES string of the molecule is COc1cc(C2(N)CNC2)cc(OC)c1OC. The maximum atomic E-state index is 6.25. The molecule has 1 saturated heterocycles. The highest BCUT2D eigenvalue weighted by molar-refractivity contribution is 5.55. The Labute approximate surface area is 101 Å². The van der Waals surface area contributed by atoms with E-state index in [-0.39, 0.29) is 5.54 Å². The Morgan fingerprint density at radius 2 is 1.59 bits per heavy atom. The largest absolute Gasteiger partial charge is 0.493 e. The molecular weight excluding hydrogens is 220 g/mol. The molecule has 1 aliphatic heterocycles. The molecule has 0 spiro atoms. The number of nitrogens with one attached hydrogen (secondary N) is 1. The summed E-state index contributed by atoms with van der Waals surface area (Å²) in [4.78, 5) is 0. The molecule has 0 radical (unpaired) electrons. The zero-order valence-electron chi connectivity index (χ0n) is 10.4. The van der Waals surface area contributed by atoms with Gasteiger partial charge in [0.15, 0.2) is 11.5 Å². The van der Waals surface area contributed by atoms with Crippen molar-refractivity contribution in [2.45, 2.75) is 5.54 Å². The third-order valence-electron chi connectivity index (χ3n) is 3.12. The van der Waals surface area contributed by atoms with Crippen molar-refractivity contribution in [3.05, 3.63) is 17.7 Å². The summed E-state index contributed by atoms with van der Waals surface area (Å²) in [5.41, 5.74) is 6.90. The first kappa shape index (κ1) is 12.0. The molecule has 3 N–H and O–H groups in total. The minimum Gasteiger partial charge on any atom is -0.493 e. The van der Waals surface area contributed by atoms with Gasteiger partial charge in [0.25, 0.3) is 0 Å². The summed E-state index contributed by atoms with van der Waals surface area (Å²) in [6.45, 7) is 1.51. The van der Waals surface area contributed by atoms with Gasteiger partial charge >= 0.3 is 0 Å². The number of hydrogen-bond donors (Lipinski definition) is 2. The van der Waals surface area contributed by atoms with Crippen molar-refractivity contribution in [2.24, 2.45) is 5.73 Å².